The van der Waals surface area contributed by atoms with E-state index in [4.69, 9.17) is 9.47 Å². The molecule has 0 bridgehead atoms. The molecule has 33 heavy (non-hydrogen) atoms. The van der Waals surface area contributed by atoms with Crippen LogP contribution in [-0.2, 0) is 4.74 Å². The van der Waals surface area contributed by atoms with Crippen LogP contribution < -0.4 is 9.64 Å². The van der Waals surface area contributed by atoms with Crippen LogP contribution in [-0.4, -0.2) is 55.3 Å². The molecule has 1 aliphatic rings. The van der Waals surface area contributed by atoms with E-state index in [0.29, 0.717) is 19.8 Å². The first-order chi connectivity index (χ1) is 15.9. The molecule has 0 aliphatic carbocycles. The summed E-state index contributed by atoms with van der Waals surface area (Å²) < 4.78 is 11.3. The molecule has 2 aromatic carbocycles. The monoisotopic (exact) mass is 453 g/mol. The highest BCUT2D eigenvalue weighted by Gasteiger charge is 2.22. The van der Waals surface area contributed by atoms with Crippen molar-refractivity contribution in [3.8, 4) is 16.9 Å². The van der Waals surface area contributed by atoms with Gasteiger partial charge in [-0.25, -0.2) is 0 Å². The molecule has 180 valence electrons. The zero-order chi connectivity index (χ0) is 23.7. The van der Waals surface area contributed by atoms with Gasteiger partial charge in [-0.1, -0.05) is 37.6 Å². The number of benzene rings is 2. The number of rotatable bonds is 11. The summed E-state index contributed by atoms with van der Waals surface area (Å²) in [4.78, 5) is 2.25. The van der Waals surface area contributed by atoms with Crippen molar-refractivity contribution in [2.75, 3.05) is 44.4 Å². The molecule has 0 fully saturated rings. The van der Waals surface area contributed by atoms with Gasteiger partial charge < -0.3 is 24.6 Å². The second-order valence-corrected chi connectivity index (χ2v) is 9.41. The predicted octanol–water partition coefficient (Wildman–Crippen LogP) is 5.30. The van der Waals surface area contributed by atoms with Gasteiger partial charge in [-0.3, -0.25) is 0 Å². The Morgan fingerprint density at radius 2 is 1.76 bits per heavy atom. The Morgan fingerprint density at radius 3 is 2.45 bits per heavy atom. The fourth-order valence-corrected chi connectivity index (χ4v) is 4.11. The van der Waals surface area contributed by atoms with E-state index < -0.39 is 5.60 Å². The third-order valence-electron chi connectivity index (χ3n) is 5.76. The predicted molar refractivity (Wildman–Crippen MR) is 136 cm³/mol. The van der Waals surface area contributed by atoms with Gasteiger partial charge in [0.2, 0.25) is 0 Å². The van der Waals surface area contributed by atoms with Gasteiger partial charge in [0.1, 0.15) is 12.4 Å². The van der Waals surface area contributed by atoms with Crippen LogP contribution in [0.3, 0.4) is 0 Å². The maximum atomic E-state index is 10.4. The van der Waals surface area contributed by atoms with Crippen LogP contribution in [0.1, 0.15) is 52.0 Å². The van der Waals surface area contributed by atoms with E-state index in [1.54, 1.807) is 0 Å². The second-order valence-electron chi connectivity index (χ2n) is 9.41. The van der Waals surface area contributed by atoms with E-state index in [1.165, 1.54) is 0 Å². The normalized spacial score (nSPS) is 15.9. The molecule has 0 aromatic heterocycles. The molecule has 1 aliphatic heterocycles. The quantitative estimate of drug-likeness (QED) is 0.452. The Morgan fingerprint density at radius 1 is 1.00 bits per heavy atom. The molecular weight excluding hydrogens is 414 g/mol. The van der Waals surface area contributed by atoms with Gasteiger partial charge in [-0.2, -0.15) is 0 Å². The maximum Gasteiger partial charge on any atom is 0.119 e. The standard InChI is InChI=1S/C28H39NO4/c1-4-5-15-32-16-17-33-26-11-8-23(9-12-26)24-10-13-27-25(19-24)18-22(20-30)7-6-14-29(27)21-28(2,3)31/h8-13,18-19,30-31H,4-7,14-17,20-21H2,1-3H3/b22-18+. The number of hydrogen-bond acceptors (Lipinski definition) is 5. The van der Waals surface area contributed by atoms with Crippen LogP contribution in [0.4, 0.5) is 5.69 Å². The summed E-state index contributed by atoms with van der Waals surface area (Å²) >= 11 is 0. The lowest BCUT2D eigenvalue weighted by Crippen LogP contribution is -2.40. The summed E-state index contributed by atoms with van der Waals surface area (Å²) in [5.74, 6) is 0.836. The summed E-state index contributed by atoms with van der Waals surface area (Å²) in [5.41, 5.74) is 4.65. The molecule has 5 nitrogen and oxygen atoms in total. The molecule has 5 heteroatoms. The summed E-state index contributed by atoms with van der Waals surface area (Å²) in [6.07, 6.45) is 6.14. The number of β-amino-alcohol motifs (C(OH)–C–C–N with tert-alkyl or cyclic N) is 1. The molecular formula is C28H39NO4. The molecule has 1 heterocycles. The Kier molecular flexibility index (Phi) is 9.36. The highest BCUT2D eigenvalue weighted by atomic mass is 16.5. The van der Waals surface area contributed by atoms with Gasteiger partial charge in [0.05, 0.1) is 18.8 Å². The van der Waals surface area contributed by atoms with Crippen molar-refractivity contribution < 1.29 is 19.7 Å². The van der Waals surface area contributed by atoms with Crippen molar-refractivity contribution in [1.82, 2.24) is 0 Å². The average Bonchev–Trinajstić information content (AvgIpc) is 2.78. The van der Waals surface area contributed by atoms with Gasteiger partial charge in [0.15, 0.2) is 0 Å². The molecule has 0 saturated heterocycles. The first-order valence-corrected chi connectivity index (χ1v) is 12.1. The minimum Gasteiger partial charge on any atom is -0.491 e. The average molecular weight is 454 g/mol. The topological polar surface area (TPSA) is 62.2 Å². The van der Waals surface area contributed by atoms with Crippen molar-refractivity contribution in [2.24, 2.45) is 0 Å². The molecule has 3 rings (SSSR count). The lowest BCUT2D eigenvalue weighted by Gasteiger charge is -2.33. The number of aliphatic hydroxyl groups is 2. The number of hydrogen-bond donors (Lipinski definition) is 2. The third-order valence-corrected chi connectivity index (χ3v) is 5.76. The Labute approximate surface area is 198 Å². The van der Waals surface area contributed by atoms with Gasteiger partial charge in [0, 0.05) is 25.4 Å². The molecule has 0 spiro atoms. The summed E-state index contributed by atoms with van der Waals surface area (Å²) in [7, 11) is 0. The van der Waals surface area contributed by atoms with Crippen molar-refractivity contribution in [2.45, 2.75) is 52.1 Å². The summed E-state index contributed by atoms with van der Waals surface area (Å²) in [6.45, 7) is 9.27. The largest absolute Gasteiger partial charge is 0.491 e. The molecule has 0 unspecified atom stereocenters. The molecule has 2 aromatic rings. The van der Waals surface area contributed by atoms with Gasteiger partial charge in [-0.15, -0.1) is 0 Å². The maximum absolute atomic E-state index is 10.4. The smallest absolute Gasteiger partial charge is 0.119 e. The molecule has 0 amide bonds. The SMILES string of the molecule is CCCCOCCOc1ccc(-c2ccc3c(c2)/C=C(/CO)CCCN3CC(C)(C)O)cc1. The van der Waals surface area contributed by atoms with E-state index in [9.17, 15) is 10.2 Å². The zero-order valence-electron chi connectivity index (χ0n) is 20.3. The van der Waals surface area contributed by atoms with Crippen LogP contribution in [0.2, 0.25) is 0 Å². The minimum atomic E-state index is -0.782. The van der Waals surface area contributed by atoms with Gasteiger partial charge >= 0.3 is 0 Å². The number of fused-ring (bicyclic) bond motifs is 1. The number of nitrogens with zero attached hydrogens (tertiary/aromatic N) is 1. The lowest BCUT2D eigenvalue weighted by molar-refractivity contribution is 0.0872. The summed E-state index contributed by atoms with van der Waals surface area (Å²) in [6, 6.07) is 14.6. The number of unbranched alkanes of at least 4 members (excludes halogenated alkanes) is 1. The molecule has 0 radical (unpaired) electrons. The molecule has 0 saturated carbocycles. The van der Waals surface area contributed by atoms with Crippen molar-refractivity contribution in [1.29, 1.82) is 0 Å². The van der Waals surface area contributed by atoms with Crippen LogP contribution in [0, 0.1) is 0 Å². The van der Waals surface area contributed by atoms with Crippen molar-refractivity contribution >= 4 is 11.8 Å². The number of ether oxygens (including phenoxy) is 2. The number of anilines is 1. The molecule has 0 atom stereocenters. The fourth-order valence-electron chi connectivity index (χ4n) is 4.11. The first kappa shape index (κ1) is 25.3. The van der Waals surface area contributed by atoms with E-state index in [2.05, 4.69) is 48.2 Å². The highest BCUT2D eigenvalue weighted by Crippen LogP contribution is 2.33. The van der Waals surface area contributed by atoms with E-state index in [0.717, 1.165) is 72.5 Å². The first-order valence-electron chi connectivity index (χ1n) is 12.1. The molecule has 2 N–H and O–H groups in total. The Bertz CT molecular complexity index is 899. The summed E-state index contributed by atoms with van der Waals surface area (Å²) in [5, 5.41) is 20.2. The number of aliphatic hydroxyl groups excluding tert-OH is 1. The fraction of sp³-hybridized carbons (Fsp3) is 0.500. The van der Waals surface area contributed by atoms with Gasteiger partial charge in [0.25, 0.3) is 0 Å². The highest BCUT2D eigenvalue weighted by molar-refractivity contribution is 5.77. The van der Waals surface area contributed by atoms with Crippen molar-refractivity contribution in [3.63, 3.8) is 0 Å². The Hall–Kier alpha value is -2.34. The third kappa shape index (κ3) is 7.88. The Balaban J connectivity index is 1.76. The van der Waals surface area contributed by atoms with Gasteiger partial charge in [-0.05, 0) is 79.6 Å². The van der Waals surface area contributed by atoms with Crippen molar-refractivity contribution in [3.05, 3.63) is 53.6 Å². The van der Waals surface area contributed by atoms with Crippen LogP contribution >= 0.6 is 0 Å². The second kappa shape index (κ2) is 12.2. The van der Waals surface area contributed by atoms with Crippen LogP contribution in [0.15, 0.2) is 48.0 Å². The van der Waals surface area contributed by atoms with Crippen LogP contribution in [0.5, 0.6) is 5.75 Å². The van der Waals surface area contributed by atoms with E-state index >= 15 is 0 Å². The lowest BCUT2D eigenvalue weighted by atomic mass is 9.96. The minimum absolute atomic E-state index is 0.0728. The van der Waals surface area contributed by atoms with E-state index in [-0.39, 0.29) is 6.61 Å². The van der Waals surface area contributed by atoms with E-state index in [1.807, 2.05) is 26.0 Å². The van der Waals surface area contributed by atoms with Crippen LogP contribution in [0.25, 0.3) is 17.2 Å². The zero-order valence-corrected chi connectivity index (χ0v) is 20.3.